The fourth-order valence-corrected chi connectivity index (χ4v) is 3.89. The van der Waals surface area contributed by atoms with Crippen LogP contribution in [0.2, 0.25) is 0 Å². The number of amides is 1. The highest BCUT2D eigenvalue weighted by Gasteiger charge is 2.44. The number of morpholine rings is 1. The molecular weight excluding hydrogens is 344 g/mol. The molecule has 4 rings (SSSR count). The molecule has 0 bridgehead atoms. The second kappa shape index (κ2) is 7.49. The van der Waals surface area contributed by atoms with E-state index in [1.54, 1.807) is 4.90 Å². The monoisotopic (exact) mass is 366 g/mol. The molecule has 1 saturated heterocycles. The van der Waals surface area contributed by atoms with Crippen LogP contribution in [0.15, 0.2) is 34.9 Å². The van der Waals surface area contributed by atoms with E-state index in [1.807, 2.05) is 30.3 Å². The normalized spacial score (nSPS) is 22.2. The number of rotatable bonds is 3. The molecule has 1 aliphatic carbocycles. The Morgan fingerprint density at radius 3 is 2.74 bits per heavy atom. The van der Waals surface area contributed by atoms with Crippen molar-refractivity contribution in [3.63, 3.8) is 0 Å². The third kappa shape index (κ3) is 3.45. The predicted octanol–water partition coefficient (Wildman–Crippen LogP) is 3.11. The number of carbonyl (C=O) groups excluding carboxylic acids is 1. The summed E-state index contributed by atoms with van der Waals surface area (Å²) in [6, 6.07) is 11.8. The molecule has 27 heavy (non-hydrogen) atoms. The van der Waals surface area contributed by atoms with Crippen LogP contribution in [0.4, 0.5) is 0 Å². The zero-order chi connectivity index (χ0) is 18.7. The fraction of sp³-hybridized carbons (Fsp3) is 0.500. The minimum Gasteiger partial charge on any atom is -0.366 e. The molecule has 0 N–H and O–H groups in total. The molecule has 1 saturated carbocycles. The van der Waals surface area contributed by atoms with E-state index >= 15 is 0 Å². The first-order valence-corrected chi connectivity index (χ1v) is 9.43. The summed E-state index contributed by atoms with van der Waals surface area (Å²) in [5, 5.41) is 13.7. The van der Waals surface area contributed by atoms with Crippen molar-refractivity contribution in [3.8, 4) is 17.5 Å². The molecule has 0 radical (unpaired) electrons. The van der Waals surface area contributed by atoms with Crippen molar-refractivity contribution < 1.29 is 14.1 Å². The highest BCUT2D eigenvalue weighted by Crippen LogP contribution is 2.38. The van der Waals surface area contributed by atoms with Crippen molar-refractivity contribution in [2.24, 2.45) is 5.41 Å². The summed E-state index contributed by atoms with van der Waals surface area (Å²) in [7, 11) is 0. The molecule has 1 aromatic carbocycles. The summed E-state index contributed by atoms with van der Waals surface area (Å²) in [5.41, 5.74) is -0.0438. The second-order valence-electron chi connectivity index (χ2n) is 7.19. The van der Waals surface area contributed by atoms with Crippen LogP contribution >= 0.6 is 0 Å². The first-order valence-electron chi connectivity index (χ1n) is 9.43. The lowest BCUT2D eigenvalue weighted by atomic mass is 9.74. The van der Waals surface area contributed by atoms with Crippen molar-refractivity contribution >= 4 is 5.91 Å². The molecule has 7 heteroatoms. The molecule has 1 aromatic heterocycles. The van der Waals surface area contributed by atoms with Crippen LogP contribution in [0.5, 0.6) is 0 Å². The highest BCUT2D eigenvalue weighted by atomic mass is 16.5. The molecule has 1 amide bonds. The Kier molecular flexibility index (Phi) is 4.90. The van der Waals surface area contributed by atoms with Gasteiger partial charge < -0.3 is 14.2 Å². The van der Waals surface area contributed by atoms with E-state index in [9.17, 15) is 10.1 Å². The van der Waals surface area contributed by atoms with Gasteiger partial charge in [0.15, 0.2) is 0 Å². The van der Waals surface area contributed by atoms with Gasteiger partial charge in [0.25, 0.3) is 5.89 Å². The maximum absolute atomic E-state index is 13.1. The largest absolute Gasteiger partial charge is 0.366 e. The number of nitrogens with zero attached hydrogens (tertiary/aromatic N) is 4. The molecule has 1 atom stereocenters. The number of hydrogen-bond donors (Lipinski definition) is 0. The van der Waals surface area contributed by atoms with Crippen LogP contribution in [0, 0.1) is 16.7 Å². The van der Waals surface area contributed by atoms with Gasteiger partial charge in [-0.25, -0.2) is 0 Å². The summed E-state index contributed by atoms with van der Waals surface area (Å²) in [6.07, 6.45) is 3.79. The van der Waals surface area contributed by atoms with E-state index in [1.165, 1.54) is 0 Å². The average molecular weight is 366 g/mol. The molecule has 7 nitrogen and oxygen atoms in total. The third-order valence-corrected chi connectivity index (χ3v) is 5.43. The van der Waals surface area contributed by atoms with Gasteiger partial charge in [0, 0.05) is 12.1 Å². The smallest absolute Gasteiger partial charge is 0.258 e. The zero-order valence-corrected chi connectivity index (χ0v) is 15.1. The van der Waals surface area contributed by atoms with Crippen LogP contribution < -0.4 is 0 Å². The number of nitriles is 1. The van der Waals surface area contributed by atoms with Crippen molar-refractivity contribution in [2.45, 2.75) is 38.2 Å². The molecule has 2 aliphatic rings. The Morgan fingerprint density at radius 1 is 1.22 bits per heavy atom. The summed E-state index contributed by atoms with van der Waals surface area (Å²) in [4.78, 5) is 19.3. The Hall–Kier alpha value is -2.72. The molecule has 1 aliphatic heterocycles. The van der Waals surface area contributed by atoms with Gasteiger partial charge in [-0.05, 0) is 25.0 Å². The molecule has 2 fully saturated rings. The van der Waals surface area contributed by atoms with Gasteiger partial charge in [-0.1, -0.05) is 42.6 Å². The minimum absolute atomic E-state index is 0.0789. The first kappa shape index (κ1) is 17.7. The van der Waals surface area contributed by atoms with Gasteiger partial charge in [0.1, 0.15) is 11.5 Å². The number of aromatic nitrogens is 2. The predicted molar refractivity (Wildman–Crippen MR) is 96.1 cm³/mol. The summed E-state index contributed by atoms with van der Waals surface area (Å²) in [6.45, 7) is 1.23. The van der Waals surface area contributed by atoms with Gasteiger partial charge in [-0.2, -0.15) is 10.2 Å². The number of ether oxygens (including phenoxy) is 1. The quantitative estimate of drug-likeness (QED) is 0.829. The van der Waals surface area contributed by atoms with Crippen LogP contribution in [0.3, 0.4) is 0 Å². The Bertz CT molecular complexity index is 836. The highest BCUT2D eigenvalue weighted by molar-refractivity contribution is 5.85. The lowest BCUT2D eigenvalue weighted by Crippen LogP contribution is -2.49. The molecule has 140 valence electrons. The van der Waals surface area contributed by atoms with Crippen molar-refractivity contribution in [2.75, 3.05) is 19.7 Å². The van der Waals surface area contributed by atoms with Gasteiger partial charge >= 0.3 is 0 Å². The number of benzene rings is 1. The van der Waals surface area contributed by atoms with E-state index in [-0.39, 0.29) is 5.91 Å². The fourth-order valence-electron chi connectivity index (χ4n) is 3.89. The Labute approximate surface area is 157 Å². The molecule has 0 unspecified atom stereocenters. The molecule has 0 spiro atoms. The standard InChI is InChI=1S/C20H22N4O3/c21-14-20(9-5-2-6-10-20)19(25)24-11-12-26-16(13-24)17-22-18(27-23-17)15-7-3-1-4-8-15/h1,3-4,7-8,16H,2,5-6,9-13H2/t16-/m0/s1. The van der Waals surface area contributed by atoms with Crippen molar-refractivity contribution in [1.29, 1.82) is 5.26 Å². The van der Waals surface area contributed by atoms with E-state index in [2.05, 4.69) is 16.2 Å². The lowest BCUT2D eigenvalue weighted by molar-refractivity contribution is -0.148. The van der Waals surface area contributed by atoms with Gasteiger partial charge in [-0.3, -0.25) is 4.79 Å². The van der Waals surface area contributed by atoms with Crippen LogP contribution in [-0.4, -0.2) is 40.6 Å². The molecule has 2 heterocycles. The van der Waals surface area contributed by atoms with E-state index < -0.39 is 11.5 Å². The minimum atomic E-state index is -0.882. The number of carbonyl (C=O) groups is 1. The maximum Gasteiger partial charge on any atom is 0.258 e. The van der Waals surface area contributed by atoms with Gasteiger partial charge in [0.05, 0.1) is 19.2 Å². The van der Waals surface area contributed by atoms with Crippen molar-refractivity contribution in [3.05, 3.63) is 36.2 Å². The van der Waals surface area contributed by atoms with E-state index in [0.29, 0.717) is 44.3 Å². The van der Waals surface area contributed by atoms with Gasteiger partial charge in [0.2, 0.25) is 11.7 Å². The summed E-state index contributed by atoms with van der Waals surface area (Å²) in [5.74, 6) is 0.782. The van der Waals surface area contributed by atoms with Gasteiger partial charge in [-0.15, -0.1) is 0 Å². The van der Waals surface area contributed by atoms with Crippen LogP contribution in [0.1, 0.15) is 44.0 Å². The van der Waals surface area contributed by atoms with Crippen LogP contribution in [0.25, 0.3) is 11.5 Å². The van der Waals surface area contributed by atoms with Crippen LogP contribution in [-0.2, 0) is 9.53 Å². The zero-order valence-electron chi connectivity index (χ0n) is 15.1. The van der Waals surface area contributed by atoms with E-state index in [0.717, 1.165) is 24.8 Å². The second-order valence-corrected chi connectivity index (χ2v) is 7.19. The Morgan fingerprint density at radius 2 is 2.00 bits per heavy atom. The molecular formula is C20H22N4O3. The average Bonchev–Trinajstić information content (AvgIpc) is 3.25. The maximum atomic E-state index is 13.1. The SMILES string of the molecule is N#CC1(C(=O)N2CCO[C@H](c3noc(-c4ccccc4)n3)C2)CCCCC1. The van der Waals surface area contributed by atoms with Crippen molar-refractivity contribution in [1.82, 2.24) is 15.0 Å². The summed E-state index contributed by atoms with van der Waals surface area (Å²) < 4.78 is 11.1. The Balaban J connectivity index is 1.49. The topological polar surface area (TPSA) is 92.2 Å². The van der Waals surface area contributed by atoms with E-state index in [4.69, 9.17) is 9.26 Å². The number of hydrogen-bond acceptors (Lipinski definition) is 6. The molecule has 2 aromatic rings. The third-order valence-electron chi connectivity index (χ3n) is 5.43. The first-order chi connectivity index (χ1) is 13.2. The summed E-state index contributed by atoms with van der Waals surface area (Å²) >= 11 is 0. The lowest BCUT2D eigenvalue weighted by Gasteiger charge is -2.38.